The SMILES string of the molecule is CC(C)[C@H](NC(=O)[C@@H]1CC[C@H]2[C@H](NC(=O)CCCCN=C(N)N)COC(=O)N12)C(=O)NC(Cc1ccccc1)C(=O)NCc1ccccc1. The number of carbonyl (C=O) groups excluding carboxylic acids is 5. The molecule has 2 aliphatic rings. The van der Waals surface area contributed by atoms with E-state index >= 15 is 0 Å². The van der Waals surface area contributed by atoms with Gasteiger partial charge in [-0.1, -0.05) is 74.5 Å². The minimum Gasteiger partial charge on any atom is -0.447 e. The van der Waals surface area contributed by atoms with E-state index in [0.29, 0.717) is 38.8 Å². The lowest BCUT2D eigenvalue weighted by Crippen LogP contribution is -2.62. The van der Waals surface area contributed by atoms with E-state index in [4.69, 9.17) is 16.2 Å². The fourth-order valence-corrected chi connectivity index (χ4v) is 6.14. The van der Waals surface area contributed by atoms with Gasteiger partial charge in [0.25, 0.3) is 0 Å². The highest BCUT2D eigenvalue weighted by molar-refractivity contribution is 5.94. The van der Waals surface area contributed by atoms with Gasteiger partial charge in [0.15, 0.2) is 5.96 Å². The molecular formula is C35H48N8O6. The fourth-order valence-electron chi connectivity index (χ4n) is 6.14. The molecule has 5 amide bonds. The second-order valence-corrected chi connectivity index (χ2v) is 12.8. The molecular weight excluding hydrogens is 628 g/mol. The third-order valence-corrected chi connectivity index (χ3v) is 8.72. The number of nitrogens with zero attached hydrogens (tertiary/aromatic N) is 2. The first kappa shape index (κ1) is 36.7. The van der Waals surface area contributed by atoms with Crippen LogP contribution in [0, 0.1) is 5.92 Å². The number of amides is 5. The molecule has 0 spiro atoms. The number of benzene rings is 2. The molecule has 264 valence electrons. The van der Waals surface area contributed by atoms with Crippen molar-refractivity contribution in [2.24, 2.45) is 22.4 Å². The average molecular weight is 677 g/mol. The Morgan fingerprint density at radius 1 is 0.918 bits per heavy atom. The van der Waals surface area contributed by atoms with Crippen LogP contribution in [0.2, 0.25) is 0 Å². The van der Waals surface area contributed by atoms with Crippen LogP contribution in [0.25, 0.3) is 0 Å². The van der Waals surface area contributed by atoms with Gasteiger partial charge in [0.1, 0.15) is 24.7 Å². The summed E-state index contributed by atoms with van der Waals surface area (Å²) in [5, 5.41) is 11.6. The summed E-state index contributed by atoms with van der Waals surface area (Å²) in [6, 6.07) is 15.1. The third kappa shape index (κ3) is 10.7. The Morgan fingerprint density at radius 3 is 2.24 bits per heavy atom. The van der Waals surface area contributed by atoms with Gasteiger partial charge in [-0.2, -0.15) is 0 Å². The van der Waals surface area contributed by atoms with Crippen LogP contribution >= 0.6 is 0 Å². The lowest BCUT2D eigenvalue weighted by atomic mass is 10.00. The highest BCUT2D eigenvalue weighted by Gasteiger charge is 2.49. The zero-order valence-electron chi connectivity index (χ0n) is 28.1. The number of carbonyl (C=O) groups is 5. The predicted molar refractivity (Wildman–Crippen MR) is 184 cm³/mol. The van der Waals surface area contributed by atoms with Gasteiger partial charge >= 0.3 is 6.09 Å². The molecule has 49 heavy (non-hydrogen) atoms. The number of hydrogen-bond acceptors (Lipinski definition) is 7. The van der Waals surface area contributed by atoms with Crippen LogP contribution in [0.3, 0.4) is 0 Å². The van der Waals surface area contributed by atoms with Crippen LogP contribution < -0.4 is 32.7 Å². The van der Waals surface area contributed by atoms with Crippen LogP contribution in [0.5, 0.6) is 0 Å². The Morgan fingerprint density at radius 2 is 1.59 bits per heavy atom. The van der Waals surface area contributed by atoms with Crippen molar-refractivity contribution in [1.82, 2.24) is 26.2 Å². The van der Waals surface area contributed by atoms with Gasteiger partial charge in [0.05, 0.1) is 12.1 Å². The maximum atomic E-state index is 13.7. The summed E-state index contributed by atoms with van der Waals surface area (Å²) in [5.41, 5.74) is 12.4. The molecule has 0 saturated carbocycles. The smallest absolute Gasteiger partial charge is 0.410 e. The minimum absolute atomic E-state index is 0.000242. The standard InChI is InChI=1S/C35H48N8O6/c1-22(2)30(33(47)41-25(19-23-11-5-3-6-12-23)31(45)39-20-24-13-7-4-8-14-24)42-32(46)28-17-16-27-26(21-49-35(48)43(27)28)40-29(44)15-9-10-18-38-34(36)37/h3-8,11-14,22,25-28,30H,9-10,15-21H2,1-2H3,(H,39,45)(H,40,44)(H,41,47)(H,42,46)(H4,36,37,38)/t25?,26-,27+,28+,30+/m1/s1. The van der Waals surface area contributed by atoms with E-state index < -0.39 is 48.1 Å². The van der Waals surface area contributed by atoms with Gasteiger partial charge in [-0.25, -0.2) is 4.79 Å². The van der Waals surface area contributed by atoms with Crippen LogP contribution in [-0.4, -0.2) is 83.9 Å². The number of fused-ring (bicyclic) bond motifs is 1. The normalized spacial score (nSPS) is 19.5. The second-order valence-electron chi connectivity index (χ2n) is 12.8. The third-order valence-electron chi connectivity index (χ3n) is 8.72. The number of ether oxygens (including phenoxy) is 1. The van der Waals surface area contributed by atoms with E-state index in [9.17, 15) is 24.0 Å². The predicted octanol–water partition coefficient (Wildman–Crippen LogP) is 1.08. The summed E-state index contributed by atoms with van der Waals surface area (Å²) >= 11 is 0. The summed E-state index contributed by atoms with van der Waals surface area (Å²) < 4.78 is 5.37. The second kappa shape index (κ2) is 17.9. The van der Waals surface area contributed by atoms with Crippen molar-refractivity contribution in [1.29, 1.82) is 0 Å². The molecule has 4 rings (SSSR count). The van der Waals surface area contributed by atoms with E-state index in [0.717, 1.165) is 11.1 Å². The summed E-state index contributed by atoms with van der Waals surface area (Å²) in [4.78, 5) is 71.6. The van der Waals surface area contributed by atoms with Crippen LogP contribution in [0.1, 0.15) is 57.1 Å². The van der Waals surface area contributed by atoms with Crippen molar-refractivity contribution in [3.63, 3.8) is 0 Å². The number of aliphatic imine (C=N–C) groups is 1. The Kier molecular flexibility index (Phi) is 13.4. The molecule has 5 atom stereocenters. The molecule has 2 fully saturated rings. The van der Waals surface area contributed by atoms with E-state index in [2.05, 4.69) is 26.3 Å². The number of cyclic esters (lactones) is 1. The van der Waals surface area contributed by atoms with Gasteiger partial charge < -0.3 is 37.5 Å². The number of guanidine groups is 1. The topological polar surface area (TPSA) is 210 Å². The maximum Gasteiger partial charge on any atom is 0.410 e. The number of unbranched alkanes of at least 4 members (excludes halogenated alkanes) is 1. The maximum absolute atomic E-state index is 13.7. The molecule has 8 N–H and O–H groups in total. The highest BCUT2D eigenvalue weighted by atomic mass is 16.6. The molecule has 1 unspecified atom stereocenters. The molecule has 2 heterocycles. The summed E-state index contributed by atoms with van der Waals surface area (Å²) in [6.45, 7) is 4.30. The van der Waals surface area contributed by atoms with Gasteiger partial charge in [-0.3, -0.25) is 29.1 Å². The number of rotatable bonds is 16. The summed E-state index contributed by atoms with van der Waals surface area (Å²) in [5.74, 6) is -1.91. The molecule has 2 aromatic carbocycles. The van der Waals surface area contributed by atoms with Gasteiger partial charge in [-0.05, 0) is 42.7 Å². The average Bonchev–Trinajstić information content (AvgIpc) is 3.54. The van der Waals surface area contributed by atoms with Crippen LogP contribution in [-0.2, 0) is 36.9 Å². The molecule has 14 nitrogen and oxygen atoms in total. The molecule has 0 bridgehead atoms. The summed E-state index contributed by atoms with van der Waals surface area (Å²) in [6.07, 6.45) is 1.88. The van der Waals surface area contributed by atoms with Crippen molar-refractivity contribution in [3.8, 4) is 0 Å². The van der Waals surface area contributed by atoms with Crippen LogP contribution in [0.4, 0.5) is 4.79 Å². The summed E-state index contributed by atoms with van der Waals surface area (Å²) in [7, 11) is 0. The van der Waals surface area contributed by atoms with Crippen LogP contribution in [0.15, 0.2) is 65.7 Å². The molecule has 2 saturated heterocycles. The largest absolute Gasteiger partial charge is 0.447 e. The van der Waals surface area contributed by atoms with Crippen molar-refractivity contribution in [2.75, 3.05) is 13.2 Å². The molecule has 0 aliphatic carbocycles. The van der Waals surface area contributed by atoms with Crippen molar-refractivity contribution >= 4 is 35.7 Å². The lowest BCUT2D eigenvalue weighted by molar-refractivity contribution is -0.134. The van der Waals surface area contributed by atoms with Crippen molar-refractivity contribution < 1.29 is 28.7 Å². The zero-order chi connectivity index (χ0) is 35.3. The van der Waals surface area contributed by atoms with E-state index in [-0.39, 0.29) is 43.1 Å². The first-order valence-electron chi connectivity index (χ1n) is 16.8. The molecule has 14 heteroatoms. The monoisotopic (exact) mass is 676 g/mol. The highest BCUT2D eigenvalue weighted by Crippen LogP contribution is 2.31. The van der Waals surface area contributed by atoms with Crippen molar-refractivity contribution in [2.45, 2.75) is 89.1 Å². The Labute approximate surface area is 286 Å². The number of hydrogen-bond donors (Lipinski definition) is 6. The quantitative estimate of drug-likeness (QED) is 0.0859. The van der Waals surface area contributed by atoms with E-state index in [1.807, 2.05) is 60.7 Å². The molecule has 0 radical (unpaired) electrons. The zero-order valence-corrected chi connectivity index (χ0v) is 28.1. The van der Waals surface area contributed by atoms with Gasteiger partial charge in [0, 0.05) is 25.9 Å². The first-order chi connectivity index (χ1) is 23.5. The van der Waals surface area contributed by atoms with Crippen molar-refractivity contribution in [3.05, 3.63) is 71.8 Å². The Balaban J connectivity index is 1.38. The van der Waals surface area contributed by atoms with E-state index in [1.54, 1.807) is 13.8 Å². The molecule has 2 aliphatic heterocycles. The minimum atomic E-state index is -0.984. The number of nitrogens with one attached hydrogen (secondary N) is 4. The van der Waals surface area contributed by atoms with Gasteiger partial charge in [-0.15, -0.1) is 0 Å². The molecule has 0 aromatic heterocycles. The lowest BCUT2D eigenvalue weighted by Gasteiger charge is -2.38. The Bertz CT molecular complexity index is 1470. The first-order valence-corrected chi connectivity index (χ1v) is 16.8. The van der Waals surface area contributed by atoms with E-state index in [1.165, 1.54) is 4.90 Å². The van der Waals surface area contributed by atoms with Gasteiger partial charge in [0.2, 0.25) is 23.6 Å². The Hall–Kier alpha value is -5.14. The number of nitrogens with two attached hydrogens (primary N) is 2. The molecule has 2 aromatic rings. The fraction of sp³-hybridized carbons (Fsp3) is 0.486.